The van der Waals surface area contributed by atoms with E-state index in [0.29, 0.717) is 5.56 Å². The summed E-state index contributed by atoms with van der Waals surface area (Å²) in [6, 6.07) is 6.57. The molecule has 0 amide bonds. The quantitative estimate of drug-likeness (QED) is 0.804. The van der Waals surface area contributed by atoms with Gasteiger partial charge in [0.05, 0.1) is 0 Å². The highest BCUT2D eigenvalue weighted by Crippen LogP contribution is 2.22. The molecule has 0 saturated carbocycles. The maximum absolute atomic E-state index is 10.8. The summed E-state index contributed by atoms with van der Waals surface area (Å²) < 4.78 is 2.06. The van der Waals surface area contributed by atoms with Gasteiger partial charge in [-0.05, 0) is 30.7 Å². The van der Waals surface area contributed by atoms with Gasteiger partial charge in [0.1, 0.15) is 6.04 Å². The molecule has 0 aliphatic heterocycles. The molecule has 1 aromatic heterocycles. The molecule has 1 heterocycles. The third kappa shape index (κ3) is 1.57. The standard InChI is InChI=1S/C12H14N2O2/c1-7-5-9-6-8(11(13)12(15)16)3-4-10(9)14(7)2/h3-6,11H,13H2,1-2H3,(H,15,16). The highest BCUT2D eigenvalue weighted by Gasteiger charge is 2.15. The van der Waals surface area contributed by atoms with Crippen molar-refractivity contribution >= 4 is 16.9 Å². The molecule has 0 fully saturated rings. The van der Waals surface area contributed by atoms with Gasteiger partial charge < -0.3 is 15.4 Å². The number of hydrogen-bond donors (Lipinski definition) is 2. The van der Waals surface area contributed by atoms with Gasteiger partial charge in [-0.25, -0.2) is 0 Å². The van der Waals surface area contributed by atoms with E-state index in [0.717, 1.165) is 16.6 Å². The smallest absolute Gasteiger partial charge is 0.325 e. The monoisotopic (exact) mass is 218 g/mol. The SMILES string of the molecule is Cc1cc2cc(C(N)C(=O)O)ccc2n1C. The van der Waals surface area contributed by atoms with E-state index in [9.17, 15) is 4.79 Å². The van der Waals surface area contributed by atoms with E-state index in [1.54, 1.807) is 6.07 Å². The maximum Gasteiger partial charge on any atom is 0.325 e. The van der Waals surface area contributed by atoms with Gasteiger partial charge >= 0.3 is 5.97 Å². The number of aryl methyl sites for hydroxylation is 2. The number of carboxylic acid groups (broad SMARTS) is 1. The first-order valence-electron chi connectivity index (χ1n) is 5.05. The number of hydrogen-bond acceptors (Lipinski definition) is 2. The van der Waals surface area contributed by atoms with Crippen molar-refractivity contribution in [3.05, 3.63) is 35.5 Å². The Balaban J connectivity index is 2.56. The molecule has 0 bridgehead atoms. The van der Waals surface area contributed by atoms with Crippen molar-refractivity contribution in [2.45, 2.75) is 13.0 Å². The Labute approximate surface area is 93.3 Å². The Hall–Kier alpha value is -1.81. The molecule has 4 heteroatoms. The number of benzene rings is 1. The van der Waals surface area contributed by atoms with Gasteiger partial charge in [-0.2, -0.15) is 0 Å². The summed E-state index contributed by atoms with van der Waals surface area (Å²) in [6.07, 6.45) is 0. The van der Waals surface area contributed by atoms with Gasteiger partial charge in [0.25, 0.3) is 0 Å². The summed E-state index contributed by atoms with van der Waals surface area (Å²) in [5.74, 6) is -1.01. The predicted octanol–water partition coefficient (Wildman–Crippen LogP) is 1.57. The minimum atomic E-state index is -1.01. The van der Waals surface area contributed by atoms with Crippen LogP contribution < -0.4 is 5.73 Å². The van der Waals surface area contributed by atoms with Crippen molar-refractivity contribution in [3.63, 3.8) is 0 Å². The van der Waals surface area contributed by atoms with Crippen molar-refractivity contribution in [3.8, 4) is 0 Å². The van der Waals surface area contributed by atoms with Crippen LogP contribution in [-0.4, -0.2) is 15.6 Å². The first-order chi connectivity index (χ1) is 7.50. The van der Waals surface area contributed by atoms with Crippen LogP contribution in [0.3, 0.4) is 0 Å². The van der Waals surface area contributed by atoms with Crippen molar-refractivity contribution in [1.29, 1.82) is 0 Å². The molecule has 1 unspecified atom stereocenters. The minimum Gasteiger partial charge on any atom is -0.480 e. The molecule has 1 aromatic carbocycles. The minimum absolute atomic E-state index is 0.630. The maximum atomic E-state index is 10.8. The van der Waals surface area contributed by atoms with Crippen LogP contribution in [0.1, 0.15) is 17.3 Å². The Morgan fingerprint density at radius 2 is 2.12 bits per heavy atom. The Bertz CT molecular complexity index is 557. The summed E-state index contributed by atoms with van der Waals surface area (Å²) in [7, 11) is 1.98. The van der Waals surface area contributed by atoms with Crippen molar-refractivity contribution < 1.29 is 9.90 Å². The first-order valence-corrected chi connectivity index (χ1v) is 5.05. The number of carbonyl (C=O) groups is 1. The molecule has 2 aromatic rings. The van der Waals surface area contributed by atoms with E-state index in [1.165, 1.54) is 0 Å². The third-order valence-corrected chi connectivity index (χ3v) is 2.93. The van der Waals surface area contributed by atoms with Gasteiger partial charge in [-0.1, -0.05) is 6.07 Å². The molecular weight excluding hydrogens is 204 g/mol. The van der Waals surface area contributed by atoms with Gasteiger partial charge in [0.15, 0.2) is 0 Å². The number of nitrogens with two attached hydrogens (primary N) is 1. The van der Waals surface area contributed by atoms with E-state index in [-0.39, 0.29) is 0 Å². The summed E-state index contributed by atoms with van der Waals surface area (Å²) in [5, 5.41) is 9.86. The van der Waals surface area contributed by atoms with Crippen molar-refractivity contribution in [1.82, 2.24) is 4.57 Å². The van der Waals surface area contributed by atoms with E-state index in [2.05, 4.69) is 4.57 Å². The van der Waals surface area contributed by atoms with Crippen molar-refractivity contribution in [2.24, 2.45) is 12.8 Å². The summed E-state index contributed by atoms with van der Waals surface area (Å²) in [5.41, 5.74) is 8.41. The highest BCUT2D eigenvalue weighted by molar-refractivity contribution is 5.84. The molecule has 16 heavy (non-hydrogen) atoms. The van der Waals surface area contributed by atoms with Crippen LogP contribution in [0.15, 0.2) is 24.3 Å². The van der Waals surface area contributed by atoms with E-state index in [1.807, 2.05) is 32.2 Å². The highest BCUT2D eigenvalue weighted by atomic mass is 16.4. The number of rotatable bonds is 2. The second-order valence-corrected chi connectivity index (χ2v) is 3.98. The topological polar surface area (TPSA) is 68.2 Å². The van der Waals surface area contributed by atoms with Crippen molar-refractivity contribution in [2.75, 3.05) is 0 Å². The molecule has 1 atom stereocenters. The molecule has 0 spiro atoms. The Morgan fingerprint density at radius 1 is 1.44 bits per heavy atom. The molecule has 2 rings (SSSR count). The second kappa shape index (κ2) is 3.64. The first kappa shape index (κ1) is 10.7. The number of aromatic nitrogens is 1. The van der Waals surface area contributed by atoms with Gasteiger partial charge in [-0.3, -0.25) is 4.79 Å². The van der Waals surface area contributed by atoms with Gasteiger partial charge in [-0.15, -0.1) is 0 Å². The van der Waals surface area contributed by atoms with Gasteiger partial charge in [0.2, 0.25) is 0 Å². The molecule has 3 N–H and O–H groups in total. The lowest BCUT2D eigenvalue weighted by atomic mass is 10.1. The van der Waals surface area contributed by atoms with Crippen LogP contribution in [0, 0.1) is 6.92 Å². The normalized spacial score (nSPS) is 12.9. The molecule has 0 aliphatic rings. The molecule has 4 nitrogen and oxygen atoms in total. The average molecular weight is 218 g/mol. The molecular formula is C12H14N2O2. The molecule has 0 aliphatic carbocycles. The van der Waals surface area contributed by atoms with Crippen LogP contribution in [0.25, 0.3) is 10.9 Å². The lowest BCUT2D eigenvalue weighted by molar-refractivity contribution is -0.138. The number of nitrogens with zero attached hydrogens (tertiary/aromatic N) is 1. The lowest BCUT2D eigenvalue weighted by Gasteiger charge is -2.07. The second-order valence-electron chi connectivity index (χ2n) is 3.98. The Kier molecular flexibility index (Phi) is 2.44. The number of carboxylic acids is 1. The lowest BCUT2D eigenvalue weighted by Crippen LogP contribution is -2.20. The third-order valence-electron chi connectivity index (χ3n) is 2.93. The van der Waals surface area contributed by atoms with Gasteiger partial charge in [0, 0.05) is 23.6 Å². The zero-order valence-corrected chi connectivity index (χ0v) is 9.27. The molecule has 0 saturated heterocycles. The summed E-state index contributed by atoms with van der Waals surface area (Å²) >= 11 is 0. The van der Waals surface area contributed by atoms with Crippen LogP contribution >= 0.6 is 0 Å². The van der Waals surface area contributed by atoms with Crippen LogP contribution in [-0.2, 0) is 11.8 Å². The molecule has 0 radical (unpaired) electrons. The number of aliphatic carboxylic acids is 1. The Morgan fingerprint density at radius 3 is 2.75 bits per heavy atom. The van der Waals surface area contributed by atoms with E-state index in [4.69, 9.17) is 10.8 Å². The van der Waals surface area contributed by atoms with Crippen LogP contribution in [0.5, 0.6) is 0 Å². The summed E-state index contributed by atoms with van der Waals surface area (Å²) in [6.45, 7) is 2.01. The number of fused-ring (bicyclic) bond motifs is 1. The fourth-order valence-electron chi connectivity index (χ4n) is 1.84. The van der Waals surface area contributed by atoms with E-state index >= 15 is 0 Å². The molecule has 84 valence electrons. The average Bonchev–Trinajstić information content (AvgIpc) is 2.53. The fraction of sp³-hybridized carbons (Fsp3) is 0.250. The summed E-state index contributed by atoms with van der Waals surface area (Å²) in [4.78, 5) is 10.8. The zero-order valence-electron chi connectivity index (χ0n) is 9.27. The fourth-order valence-corrected chi connectivity index (χ4v) is 1.84. The predicted molar refractivity (Wildman–Crippen MR) is 62.2 cm³/mol. The van der Waals surface area contributed by atoms with Crippen LogP contribution in [0.4, 0.5) is 0 Å². The van der Waals surface area contributed by atoms with Crippen LogP contribution in [0.2, 0.25) is 0 Å². The zero-order chi connectivity index (χ0) is 11.9. The largest absolute Gasteiger partial charge is 0.480 e. The van der Waals surface area contributed by atoms with E-state index < -0.39 is 12.0 Å².